The minimum absolute atomic E-state index is 0.0147. The second-order valence-corrected chi connectivity index (χ2v) is 4.85. The Bertz CT molecular complexity index is 633. The molecule has 2 rings (SSSR count). The fraction of sp³-hybridized carbons (Fsp3) is 0.182. The number of nitro groups is 1. The summed E-state index contributed by atoms with van der Waals surface area (Å²) in [5.74, 6) is -0.499. The zero-order chi connectivity index (χ0) is 14.5. The number of halogens is 1. The van der Waals surface area contributed by atoms with Crippen LogP contribution in [0.3, 0.4) is 0 Å². The second-order valence-electron chi connectivity index (χ2n) is 3.77. The van der Waals surface area contributed by atoms with E-state index >= 15 is 0 Å². The minimum Gasteiger partial charge on any atom is -0.352 e. The van der Waals surface area contributed by atoms with Gasteiger partial charge in [0.1, 0.15) is 11.3 Å². The number of pyridine rings is 1. The molecule has 7 nitrogen and oxygen atoms in total. The molecule has 0 spiro atoms. The Morgan fingerprint density at radius 3 is 2.95 bits per heavy atom. The van der Waals surface area contributed by atoms with Gasteiger partial charge >= 0.3 is 0 Å². The molecule has 0 aliphatic carbocycles. The Labute approximate surface area is 122 Å². The lowest BCUT2D eigenvalue weighted by molar-refractivity contribution is -0.385. The lowest BCUT2D eigenvalue weighted by Crippen LogP contribution is -2.26. The van der Waals surface area contributed by atoms with E-state index in [1.807, 2.05) is 5.38 Å². The fourth-order valence-corrected chi connectivity index (χ4v) is 2.24. The van der Waals surface area contributed by atoms with E-state index in [-0.39, 0.29) is 16.4 Å². The molecule has 1 amide bonds. The predicted octanol–water partition coefficient (Wildman–Crippen LogP) is 2.07. The Morgan fingerprint density at radius 1 is 1.50 bits per heavy atom. The van der Waals surface area contributed by atoms with Crippen LogP contribution in [-0.2, 0) is 6.42 Å². The average molecular weight is 313 g/mol. The van der Waals surface area contributed by atoms with Gasteiger partial charge in [0.05, 0.1) is 21.7 Å². The molecular weight excluding hydrogens is 304 g/mol. The van der Waals surface area contributed by atoms with Crippen LogP contribution in [0.5, 0.6) is 0 Å². The Kier molecular flexibility index (Phi) is 4.59. The lowest BCUT2D eigenvalue weighted by atomic mass is 10.2. The summed E-state index contributed by atoms with van der Waals surface area (Å²) in [4.78, 5) is 29.6. The molecule has 0 unspecified atom stereocenters. The maximum atomic E-state index is 11.9. The van der Waals surface area contributed by atoms with Gasteiger partial charge in [0.25, 0.3) is 11.6 Å². The normalized spacial score (nSPS) is 10.2. The molecule has 0 radical (unpaired) electrons. The standard InChI is InChI=1S/C11H9ClN4O3S/c12-10-9(3-8(4-14-10)16(18)19)11(17)13-2-1-7-5-20-6-15-7/h3-6H,1-2H2,(H,13,17). The molecule has 2 heterocycles. The predicted molar refractivity (Wildman–Crippen MR) is 74.1 cm³/mol. The largest absolute Gasteiger partial charge is 0.352 e. The van der Waals surface area contributed by atoms with Gasteiger partial charge in [-0.25, -0.2) is 9.97 Å². The van der Waals surface area contributed by atoms with Gasteiger partial charge in [0, 0.05) is 24.4 Å². The summed E-state index contributed by atoms with van der Waals surface area (Å²) in [6.45, 7) is 0.363. The molecule has 1 N–H and O–H groups in total. The van der Waals surface area contributed by atoms with E-state index in [9.17, 15) is 14.9 Å². The molecule has 0 aliphatic rings. The van der Waals surface area contributed by atoms with Gasteiger partial charge in [0.2, 0.25) is 0 Å². The first-order chi connectivity index (χ1) is 9.58. The third-order valence-corrected chi connectivity index (χ3v) is 3.37. The summed E-state index contributed by atoms with van der Waals surface area (Å²) in [6.07, 6.45) is 1.59. The van der Waals surface area contributed by atoms with Crippen molar-refractivity contribution in [2.45, 2.75) is 6.42 Å². The molecule has 0 saturated carbocycles. The number of hydrogen-bond donors (Lipinski definition) is 1. The number of hydrogen-bond acceptors (Lipinski definition) is 6. The summed E-state index contributed by atoms with van der Waals surface area (Å²) in [7, 11) is 0. The van der Waals surface area contributed by atoms with Gasteiger partial charge in [-0.15, -0.1) is 11.3 Å². The molecule has 9 heteroatoms. The highest BCUT2D eigenvalue weighted by Gasteiger charge is 2.16. The van der Waals surface area contributed by atoms with Crippen molar-refractivity contribution in [2.24, 2.45) is 0 Å². The van der Waals surface area contributed by atoms with Crippen LogP contribution in [0.2, 0.25) is 5.15 Å². The van der Waals surface area contributed by atoms with Crippen molar-refractivity contribution in [3.63, 3.8) is 0 Å². The van der Waals surface area contributed by atoms with Crippen molar-refractivity contribution < 1.29 is 9.72 Å². The number of carbonyl (C=O) groups excluding carboxylic acids is 1. The Hall–Kier alpha value is -2.06. The van der Waals surface area contributed by atoms with E-state index in [0.29, 0.717) is 13.0 Å². The van der Waals surface area contributed by atoms with E-state index < -0.39 is 10.8 Å². The Morgan fingerprint density at radius 2 is 2.30 bits per heavy atom. The first-order valence-corrected chi connectivity index (χ1v) is 6.85. The molecule has 104 valence electrons. The molecule has 20 heavy (non-hydrogen) atoms. The number of aromatic nitrogens is 2. The van der Waals surface area contributed by atoms with Crippen LogP contribution >= 0.6 is 22.9 Å². The van der Waals surface area contributed by atoms with Gasteiger partial charge in [0.15, 0.2) is 0 Å². The van der Waals surface area contributed by atoms with E-state index in [2.05, 4.69) is 15.3 Å². The number of thiazole rings is 1. The van der Waals surface area contributed by atoms with Crippen LogP contribution in [0.4, 0.5) is 5.69 Å². The molecule has 2 aromatic rings. The summed E-state index contributed by atoms with van der Waals surface area (Å²) >= 11 is 7.24. The van der Waals surface area contributed by atoms with Crippen LogP contribution in [0, 0.1) is 10.1 Å². The van der Waals surface area contributed by atoms with Crippen LogP contribution < -0.4 is 5.32 Å². The van der Waals surface area contributed by atoms with Gasteiger partial charge in [-0.05, 0) is 0 Å². The molecule has 0 aromatic carbocycles. The molecule has 0 saturated heterocycles. The van der Waals surface area contributed by atoms with Gasteiger partial charge < -0.3 is 5.32 Å². The molecular formula is C11H9ClN4O3S. The highest BCUT2D eigenvalue weighted by Crippen LogP contribution is 2.18. The van der Waals surface area contributed by atoms with Crippen LogP contribution in [0.1, 0.15) is 16.1 Å². The first kappa shape index (κ1) is 14.4. The molecule has 0 fully saturated rings. The summed E-state index contributed by atoms with van der Waals surface area (Å²) in [5, 5.41) is 15.1. The third kappa shape index (κ3) is 3.49. The third-order valence-electron chi connectivity index (χ3n) is 2.43. The second kappa shape index (κ2) is 6.40. The fourth-order valence-electron chi connectivity index (χ4n) is 1.46. The maximum absolute atomic E-state index is 11.9. The molecule has 0 bridgehead atoms. The first-order valence-electron chi connectivity index (χ1n) is 5.53. The Balaban J connectivity index is 2.01. The number of nitrogens with one attached hydrogen (secondary N) is 1. The molecule has 0 aliphatic heterocycles. The monoisotopic (exact) mass is 312 g/mol. The maximum Gasteiger partial charge on any atom is 0.288 e. The number of amides is 1. The van der Waals surface area contributed by atoms with E-state index in [4.69, 9.17) is 11.6 Å². The van der Waals surface area contributed by atoms with Crippen LogP contribution in [0.15, 0.2) is 23.2 Å². The number of carbonyl (C=O) groups is 1. The van der Waals surface area contributed by atoms with Crippen LogP contribution in [-0.4, -0.2) is 27.3 Å². The van der Waals surface area contributed by atoms with Crippen molar-refractivity contribution in [1.82, 2.24) is 15.3 Å². The zero-order valence-electron chi connectivity index (χ0n) is 10.1. The van der Waals surface area contributed by atoms with Crippen molar-refractivity contribution in [1.29, 1.82) is 0 Å². The number of rotatable bonds is 5. The van der Waals surface area contributed by atoms with Crippen molar-refractivity contribution in [3.05, 3.63) is 49.7 Å². The highest BCUT2D eigenvalue weighted by atomic mass is 35.5. The van der Waals surface area contributed by atoms with Crippen molar-refractivity contribution >= 4 is 34.5 Å². The number of nitrogens with zero attached hydrogens (tertiary/aromatic N) is 3. The minimum atomic E-state index is -0.630. The summed E-state index contributed by atoms with van der Waals surface area (Å²) in [5.41, 5.74) is 2.29. The quantitative estimate of drug-likeness (QED) is 0.518. The molecule has 2 aromatic heterocycles. The van der Waals surface area contributed by atoms with Gasteiger partial charge in [-0.2, -0.15) is 0 Å². The highest BCUT2D eigenvalue weighted by molar-refractivity contribution is 7.07. The topological polar surface area (TPSA) is 98.0 Å². The SMILES string of the molecule is O=C(NCCc1cscn1)c1cc([N+](=O)[O-])cnc1Cl. The average Bonchev–Trinajstić information content (AvgIpc) is 2.92. The van der Waals surface area contributed by atoms with Crippen molar-refractivity contribution in [3.8, 4) is 0 Å². The molecule has 0 atom stereocenters. The smallest absolute Gasteiger partial charge is 0.288 e. The van der Waals surface area contributed by atoms with E-state index in [0.717, 1.165) is 18.0 Å². The zero-order valence-corrected chi connectivity index (χ0v) is 11.6. The van der Waals surface area contributed by atoms with E-state index in [1.54, 1.807) is 5.51 Å². The van der Waals surface area contributed by atoms with Crippen molar-refractivity contribution in [2.75, 3.05) is 6.54 Å². The lowest BCUT2D eigenvalue weighted by Gasteiger charge is -2.05. The van der Waals surface area contributed by atoms with Gasteiger partial charge in [-0.3, -0.25) is 14.9 Å². The van der Waals surface area contributed by atoms with Gasteiger partial charge in [-0.1, -0.05) is 11.6 Å². The van der Waals surface area contributed by atoms with E-state index in [1.165, 1.54) is 11.3 Å². The summed E-state index contributed by atoms with van der Waals surface area (Å²) < 4.78 is 0. The summed E-state index contributed by atoms with van der Waals surface area (Å²) in [6, 6.07) is 1.10. The van der Waals surface area contributed by atoms with Crippen LogP contribution in [0.25, 0.3) is 0 Å².